The van der Waals surface area contributed by atoms with Crippen LogP contribution in [0.25, 0.3) is 10.9 Å². The maximum Gasteiger partial charge on any atom is 0.217 e. The largest absolute Gasteiger partial charge is 0.496 e. The lowest BCUT2D eigenvalue weighted by Gasteiger charge is -2.13. The Bertz CT molecular complexity index is 599. The molecule has 0 saturated carbocycles. The fraction of sp³-hybridized carbons (Fsp3) is 0.357. The van der Waals surface area contributed by atoms with E-state index in [0.29, 0.717) is 22.5 Å². The third-order valence-electron chi connectivity index (χ3n) is 2.61. The molecule has 0 aliphatic carbocycles. The molecule has 1 aromatic heterocycles. The fourth-order valence-corrected chi connectivity index (χ4v) is 1.85. The Morgan fingerprint density at radius 2 is 1.89 bits per heavy atom. The first-order valence-electron chi connectivity index (χ1n) is 5.94. The van der Waals surface area contributed by atoms with Crippen molar-refractivity contribution in [3.05, 3.63) is 24.0 Å². The number of fused-ring (bicyclic) bond motifs is 1. The number of aromatic nitrogens is 1. The number of nitrogens with zero attached hydrogens (tertiary/aromatic N) is 1. The van der Waals surface area contributed by atoms with Crippen LogP contribution in [0.4, 0.5) is 4.39 Å². The highest BCUT2D eigenvalue weighted by Gasteiger charge is 2.15. The molecule has 0 unspecified atom stereocenters. The highest BCUT2D eigenvalue weighted by Crippen LogP contribution is 2.35. The van der Waals surface area contributed by atoms with Gasteiger partial charge in [0.25, 0.3) is 0 Å². The number of benzene rings is 1. The van der Waals surface area contributed by atoms with Gasteiger partial charge in [-0.1, -0.05) is 0 Å². The third-order valence-corrected chi connectivity index (χ3v) is 2.61. The smallest absolute Gasteiger partial charge is 0.217 e. The maximum absolute atomic E-state index is 13.7. The summed E-state index contributed by atoms with van der Waals surface area (Å²) in [7, 11) is 2.95. The lowest BCUT2D eigenvalue weighted by Crippen LogP contribution is -2.07. The van der Waals surface area contributed by atoms with Crippen molar-refractivity contribution in [3.8, 4) is 17.4 Å². The summed E-state index contributed by atoms with van der Waals surface area (Å²) in [6.07, 6.45) is -0.0331. The van der Waals surface area contributed by atoms with Crippen LogP contribution in [0.5, 0.6) is 17.4 Å². The van der Waals surface area contributed by atoms with E-state index in [0.717, 1.165) is 0 Å². The normalized spacial score (nSPS) is 10.8. The molecule has 0 saturated heterocycles. The van der Waals surface area contributed by atoms with Crippen LogP contribution in [-0.2, 0) is 0 Å². The van der Waals surface area contributed by atoms with Gasteiger partial charge in [0.15, 0.2) is 11.6 Å². The van der Waals surface area contributed by atoms with Gasteiger partial charge in [-0.05, 0) is 26.0 Å². The molecule has 0 radical (unpaired) electrons. The average Bonchev–Trinajstić information content (AvgIpc) is 2.36. The molecule has 1 aromatic carbocycles. The monoisotopic (exact) mass is 265 g/mol. The number of halogens is 1. The van der Waals surface area contributed by atoms with Crippen molar-refractivity contribution in [2.24, 2.45) is 0 Å². The van der Waals surface area contributed by atoms with E-state index in [1.54, 1.807) is 19.2 Å². The number of hydrogen-bond acceptors (Lipinski definition) is 4. The van der Waals surface area contributed by atoms with Crippen LogP contribution in [0.1, 0.15) is 13.8 Å². The van der Waals surface area contributed by atoms with Crippen LogP contribution >= 0.6 is 0 Å². The Hall–Kier alpha value is -2.04. The molecule has 102 valence electrons. The molecule has 0 N–H and O–H groups in total. The second kappa shape index (κ2) is 5.30. The predicted octanol–water partition coefficient (Wildman–Crippen LogP) is 3.18. The summed E-state index contributed by atoms with van der Waals surface area (Å²) in [5.41, 5.74) is 0.387. The molecule has 1 heterocycles. The third kappa shape index (κ3) is 2.54. The van der Waals surface area contributed by atoms with E-state index in [1.165, 1.54) is 13.2 Å². The topological polar surface area (TPSA) is 40.6 Å². The summed E-state index contributed by atoms with van der Waals surface area (Å²) in [6.45, 7) is 3.78. The minimum Gasteiger partial charge on any atom is -0.496 e. The zero-order chi connectivity index (χ0) is 14.0. The Labute approximate surface area is 111 Å². The van der Waals surface area contributed by atoms with Gasteiger partial charge in [0.1, 0.15) is 11.3 Å². The van der Waals surface area contributed by atoms with E-state index < -0.39 is 5.82 Å². The van der Waals surface area contributed by atoms with E-state index in [1.807, 2.05) is 13.8 Å². The highest BCUT2D eigenvalue weighted by molar-refractivity contribution is 5.90. The molecule has 19 heavy (non-hydrogen) atoms. The molecule has 0 spiro atoms. The first-order chi connectivity index (χ1) is 9.06. The van der Waals surface area contributed by atoms with Gasteiger partial charge in [-0.25, -0.2) is 9.37 Å². The number of methoxy groups -OCH3 is 2. The van der Waals surface area contributed by atoms with E-state index in [-0.39, 0.29) is 11.9 Å². The number of ether oxygens (including phenoxy) is 3. The van der Waals surface area contributed by atoms with Gasteiger partial charge in [-0.15, -0.1) is 0 Å². The molecule has 0 aliphatic rings. The Balaban J connectivity index is 2.70. The van der Waals surface area contributed by atoms with Crippen LogP contribution < -0.4 is 14.2 Å². The summed E-state index contributed by atoms with van der Waals surface area (Å²) in [5, 5.41) is 0.678. The summed E-state index contributed by atoms with van der Waals surface area (Å²) < 4.78 is 29.6. The summed E-state index contributed by atoms with van der Waals surface area (Å²) >= 11 is 0. The molecular formula is C14H16FNO3. The minimum absolute atomic E-state index is 0.0331. The molecule has 0 fully saturated rings. The summed E-state index contributed by atoms with van der Waals surface area (Å²) in [4.78, 5) is 4.29. The van der Waals surface area contributed by atoms with Crippen LogP contribution in [0, 0.1) is 5.82 Å². The van der Waals surface area contributed by atoms with E-state index in [4.69, 9.17) is 14.2 Å². The molecule has 4 nitrogen and oxygen atoms in total. The maximum atomic E-state index is 13.7. The molecule has 0 bridgehead atoms. The Morgan fingerprint density at radius 1 is 1.16 bits per heavy atom. The molecule has 5 heteroatoms. The summed E-state index contributed by atoms with van der Waals surface area (Å²) in [6, 6.07) is 4.62. The standard InChI is InChI=1S/C14H16FNO3/c1-8(2)19-12-7-11(17-3)9-5-6-10(15)14(18-4)13(9)16-12/h5-8H,1-4H3. The zero-order valence-electron chi connectivity index (χ0n) is 11.4. The van der Waals surface area contributed by atoms with Gasteiger partial charge in [-0.3, -0.25) is 0 Å². The molecule has 0 amide bonds. The van der Waals surface area contributed by atoms with Gasteiger partial charge in [0.05, 0.1) is 20.3 Å². The lowest BCUT2D eigenvalue weighted by molar-refractivity contribution is 0.232. The summed E-state index contributed by atoms with van der Waals surface area (Å²) in [5.74, 6) is 0.568. The van der Waals surface area contributed by atoms with Crippen molar-refractivity contribution in [1.82, 2.24) is 4.98 Å². The van der Waals surface area contributed by atoms with Crippen LogP contribution in [-0.4, -0.2) is 25.3 Å². The van der Waals surface area contributed by atoms with E-state index in [2.05, 4.69) is 4.98 Å². The average molecular weight is 265 g/mol. The molecule has 0 aliphatic heterocycles. The van der Waals surface area contributed by atoms with Gasteiger partial charge >= 0.3 is 0 Å². The van der Waals surface area contributed by atoms with Crippen molar-refractivity contribution in [2.75, 3.05) is 14.2 Å². The van der Waals surface area contributed by atoms with E-state index in [9.17, 15) is 4.39 Å². The SMILES string of the molecule is COc1cc(OC(C)C)nc2c(OC)c(F)ccc12. The van der Waals surface area contributed by atoms with Crippen molar-refractivity contribution in [2.45, 2.75) is 20.0 Å². The van der Waals surface area contributed by atoms with Crippen LogP contribution in [0.3, 0.4) is 0 Å². The molecule has 2 aromatic rings. The fourth-order valence-electron chi connectivity index (χ4n) is 1.85. The number of hydrogen-bond donors (Lipinski definition) is 0. The molecule has 2 rings (SSSR count). The van der Waals surface area contributed by atoms with E-state index >= 15 is 0 Å². The van der Waals surface area contributed by atoms with Crippen molar-refractivity contribution < 1.29 is 18.6 Å². The Morgan fingerprint density at radius 3 is 2.47 bits per heavy atom. The highest BCUT2D eigenvalue weighted by atomic mass is 19.1. The van der Waals surface area contributed by atoms with Gasteiger partial charge in [0.2, 0.25) is 5.88 Å². The zero-order valence-corrected chi connectivity index (χ0v) is 11.4. The first-order valence-corrected chi connectivity index (χ1v) is 5.94. The first kappa shape index (κ1) is 13.4. The van der Waals surface area contributed by atoms with Gasteiger partial charge in [-0.2, -0.15) is 0 Å². The van der Waals surface area contributed by atoms with Crippen molar-refractivity contribution >= 4 is 10.9 Å². The Kier molecular flexibility index (Phi) is 3.74. The molecule has 0 atom stereocenters. The predicted molar refractivity (Wildman–Crippen MR) is 70.6 cm³/mol. The van der Waals surface area contributed by atoms with Crippen molar-refractivity contribution in [3.63, 3.8) is 0 Å². The number of pyridine rings is 1. The number of rotatable bonds is 4. The van der Waals surface area contributed by atoms with Crippen LogP contribution in [0.15, 0.2) is 18.2 Å². The molecular weight excluding hydrogens is 249 g/mol. The minimum atomic E-state index is -0.466. The quantitative estimate of drug-likeness (QED) is 0.851. The van der Waals surface area contributed by atoms with Crippen LogP contribution in [0.2, 0.25) is 0 Å². The van der Waals surface area contributed by atoms with Gasteiger partial charge in [0, 0.05) is 11.5 Å². The van der Waals surface area contributed by atoms with Crippen molar-refractivity contribution in [1.29, 1.82) is 0 Å². The second-order valence-electron chi connectivity index (χ2n) is 4.31. The lowest BCUT2D eigenvalue weighted by atomic mass is 10.2. The second-order valence-corrected chi connectivity index (χ2v) is 4.31. The van der Waals surface area contributed by atoms with Gasteiger partial charge < -0.3 is 14.2 Å².